The minimum atomic E-state index is -0.191. The number of methoxy groups -OCH3 is 1. The fourth-order valence-corrected chi connectivity index (χ4v) is 4.08. The number of carbonyl (C=O) groups excluding carboxylic acids is 1. The number of hydrogen-bond acceptors (Lipinski definition) is 7. The first-order valence-electron chi connectivity index (χ1n) is 10.8. The van der Waals surface area contributed by atoms with E-state index in [1.54, 1.807) is 19.4 Å². The van der Waals surface area contributed by atoms with E-state index in [0.29, 0.717) is 29.6 Å². The second-order valence-electron chi connectivity index (χ2n) is 8.33. The van der Waals surface area contributed by atoms with Crippen molar-refractivity contribution in [2.24, 2.45) is 0 Å². The molecule has 32 heavy (non-hydrogen) atoms. The van der Waals surface area contributed by atoms with Crippen LogP contribution in [-0.4, -0.2) is 53.7 Å². The summed E-state index contributed by atoms with van der Waals surface area (Å²) >= 11 is 0. The number of hydrogen-bond donors (Lipinski definition) is 0. The monoisotopic (exact) mass is 435 g/mol. The molecule has 1 saturated heterocycles. The molecule has 1 aliphatic rings. The van der Waals surface area contributed by atoms with Crippen LogP contribution >= 0.6 is 0 Å². The average Bonchev–Trinajstić information content (AvgIpc) is 3.16. The lowest BCUT2D eigenvalue weighted by Gasteiger charge is -2.36. The Kier molecular flexibility index (Phi) is 6.12. The molecule has 0 radical (unpaired) electrons. The van der Waals surface area contributed by atoms with Crippen molar-refractivity contribution in [3.8, 4) is 17.1 Å². The zero-order valence-corrected chi connectivity index (χ0v) is 19.3. The molecule has 0 unspecified atom stereocenters. The summed E-state index contributed by atoms with van der Waals surface area (Å²) in [4.78, 5) is 26.8. The van der Waals surface area contributed by atoms with E-state index < -0.39 is 0 Å². The van der Waals surface area contributed by atoms with Gasteiger partial charge in [-0.2, -0.15) is 0 Å². The van der Waals surface area contributed by atoms with Crippen LogP contribution in [0.1, 0.15) is 52.6 Å². The SMILES string of the molecule is COc1cccc(C(=O)N2CCCC[C@@H]2c2nc(N(C)C)ncc2-c2onc(C)c2C)c1. The number of likely N-dealkylation sites (tertiary alicyclic amines) is 1. The molecule has 168 valence electrons. The lowest BCUT2D eigenvalue weighted by molar-refractivity contribution is 0.0606. The quantitative estimate of drug-likeness (QED) is 0.594. The van der Waals surface area contributed by atoms with Gasteiger partial charge in [-0.05, 0) is 51.3 Å². The summed E-state index contributed by atoms with van der Waals surface area (Å²) in [6, 6.07) is 7.09. The van der Waals surface area contributed by atoms with Crippen LogP contribution < -0.4 is 9.64 Å². The largest absolute Gasteiger partial charge is 0.497 e. The molecule has 4 rings (SSSR count). The van der Waals surface area contributed by atoms with E-state index in [1.807, 2.05) is 55.9 Å². The third-order valence-electron chi connectivity index (χ3n) is 6.00. The van der Waals surface area contributed by atoms with Crippen LogP contribution in [0.5, 0.6) is 5.75 Å². The van der Waals surface area contributed by atoms with Crippen LogP contribution in [-0.2, 0) is 0 Å². The van der Waals surface area contributed by atoms with Crippen molar-refractivity contribution in [1.29, 1.82) is 0 Å². The second-order valence-corrected chi connectivity index (χ2v) is 8.33. The van der Waals surface area contributed by atoms with Gasteiger partial charge in [0.1, 0.15) is 5.75 Å². The van der Waals surface area contributed by atoms with Crippen molar-refractivity contribution < 1.29 is 14.1 Å². The number of ether oxygens (including phenoxy) is 1. The summed E-state index contributed by atoms with van der Waals surface area (Å²) < 4.78 is 11.0. The number of nitrogens with zero attached hydrogens (tertiary/aromatic N) is 5. The number of aryl methyl sites for hydroxylation is 1. The first-order valence-corrected chi connectivity index (χ1v) is 10.8. The average molecular weight is 436 g/mol. The molecule has 0 N–H and O–H groups in total. The maximum absolute atomic E-state index is 13.6. The molecule has 1 fully saturated rings. The van der Waals surface area contributed by atoms with E-state index in [9.17, 15) is 4.79 Å². The minimum absolute atomic E-state index is 0.0324. The molecule has 1 aliphatic heterocycles. The van der Waals surface area contributed by atoms with Crippen molar-refractivity contribution in [1.82, 2.24) is 20.0 Å². The highest BCUT2D eigenvalue weighted by Gasteiger charge is 2.33. The summed E-state index contributed by atoms with van der Waals surface area (Å²) in [6.07, 6.45) is 4.57. The molecular formula is C24H29N5O3. The van der Waals surface area contributed by atoms with Gasteiger partial charge in [-0.25, -0.2) is 9.97 Å². The summed E-state index contributed by atoms with van der Waals surface area (Å²) in [6.45, 7) is 4.55. The van der Waals surface area contributed by atoms with Crippen LogP contribution in [0.2, 0.25) is 0 Å². The fraction of sp³-hybridized carbons (Fsp3) is 0.417. The van der Waals surface area contributed by atoms with Crippen molar-refractivity contribution in [2.75, 3.05) is 32.6 Å². The van der Waals surface area contributed by atoms with Crippen LogP contribution in [0, 0.1) is 13.8 Å². The number of aromatic nitrogens is 3. The number of carbonyl (C=O) groups is 1. The number of benzene rings is 1. The predicted molar refractivity (Wildman–Crippen MR) is 122 cm³/mol. The molecule has 1 atom stereocenters. The lowest BCUT2D eigenvalue weighted by atomic mass is 9.94. The standard InChI is InChI=1S/C24H29N5O3/c1-15-16(2)27-32-22(15)19-14-25-24(28(3)4)26-21(19)20-11-6-7-12-29(20)23(30)17-9-8-10-18(13-17)31-5/h8-10,13-14,20H,6-7,11-12H2,1-5H3/t20-/m1/s1. The highest BCUT2D eigenvalue weighted by atomic mass is 16.5. The number of amides is 1. The normalized spacial score (nSPS) is 16.2. The van der Waals surface area contributed by atoms with E-state index in [1.165, 1.54) is 0 Å². The van der Waals surface area contributed by atoms with E-state index in [-0.39, 0.29) is 11.9 Å². The molecular weight excluding hydrogens is 406 g/mol. The Morgan fingerprint density at radius 3 is 2.75 bits per heavy atom. The third kappa shape index (κ3) is 4.04. The van der Waals surface area contributed by atoms with Gasteiger partial charge < -0.3 is 19.1 Å². The first kappa shape index (κ1) is 21.8. The molecule has 1 aromatic carbocycles. The Labute approximate surface area is 188 Å². The lowest BCUT2D eigenvalue weighted by Crippen LogP contribution is -2.39. The van der Waals surface area contributed by atoms with Crippen molar-refractivity contribution in [3.05, 3.63) is 53.0 Å². The summed E-state index contributed by atoms with van der Waals surface area (Å²) in [5, 5.41) is 4.12. The first-order chi connectivity index (χ1) is 15.4. The van der Waals surface area contributed by atoms with E-state index >= 15 is 0 Å². The van der Waals surface area contributed by atoms with Gasteiger partial charge in [0.15, 0.2) is 5.76 Å². The predicted octanol–water partition coefficient (Wildman–Crippen LogP) is 4.19. The number of piperidine rings is 1. The molecule has 8 nitrogen and oxygen atoms in total. The highest BCUT2D eigenvalue weighted by molar-refractivity contribution is 5.95. The molecule has 8 heteroatoms. The van der Waals surface area contributed by atoms with E-state index in [0.717, 1.165) is 41.8 Å². The summed E-state index contributed by atoms with van der Waals surface area (Å²) in [7, 11) is 5.41. The molecule has 3 aromatic rings. The van der Waals surface area contributed by atoms with Crippen molar-refractivity contribution >= 4 is 11.9 Å². The van der Waals surface area contributed by atoms with Crippen molar-refractivity contribution in [3.63, 3.8) is 0 Å². The number of anilines is 1. The van der Waals surface area contributed by atoms with Gasteiger partial charge in [0, 0.05) is 38.0 Å². The summed E-state index contributed by atoms with van der Waals surface area (Å²) in [5.74, 6) is 1.88. The topological polar surface area (TPSA) is 84.6 Å². The van der Waals surface area contributed by atoms with Crippen LogP contribution in [0.3, 0.4) is 0 Å². The van der Waals surface area contributed by atoms with Gasteiger partial charge in [0.2, 0.25) is 5.95 Å². The Hall–Kier alpha value is -3.42. The van der Waals surface area contributed by atoms with Gasteiger partial charge in [-0.1, -0.05) is 11.2 Å². The maximum Gasteiger partial charge on any atom is 0.254 e. The Morgan fingerprint density at radius 1 is 1.25 bits per heavy atom. The summed E-state index contributed by atoms with van der Waals surface area (Å²) in [5.41, 5.74) is 3.96. The molecule has 0 aliphatic carbocycles. The third-order valence-corrected chi connectivity index (χ3v) is 6.00. The van der Waals surface area contributed by atoms with Gasteiger partial charge in [0.05, 0.1) is 30.1 Å². The maximum atomic E-state index is 13.6. The van der Waals surface area contributed by atoms with Gasteiger partial charge in [0.25, 0.3) is 5.91 Å². The molecule has 3 heterocycles. The fourth-order valence-electron chi connectivity index (χ4n) is 4.08. The zero-order valence-electron chi connectivity index (χ0n) is 19.3. The molecule has 0 saturated carbocycles. The smallest absolute Gasteiger partial charge is 0.254 e. The Bertz CT molecular complexity index is 1120. The van der Waals surface area contributed by atoms with Crippen LogP contribution in [0.15, 0.2) is 35.0 Å². The Balaban J connectivity index is 1.81. The molecule has 0 spiro atoms. The molecule has 1 amide bonds. The molecule has 2 aromatic heterocycles. The van der Waals surface area contributed by atoms with Crippen molar-refractivity contribution in [2.45, 2.75) is 39.2 Å². The van der Waals surface area contributed by atoms with E-state index in [2.05, 4.69) is 10.1 Å². The van der Waals surface area contributed by atoms with Gasteiger partial charge in [-0.15, -0.1) is 0 Å². The van der Waals surface area contributed by atoms with Gasteiger partial charge in [-0.3, -0.25) is 4.79 Å². The zero-order chi connectivity index (χ0) is 22.8. The number of rotatable bonds is 5. The highest BCUT2D eigenvalue weighted by Crippen LogP contribution is 2.38. The van der Waals surface area contributed by atoms with Gasteiger partial charge >= 0.3 is 0 Å². The second kappa shape index (κ2) is 8.98. The van der Waals surface area contributed by atoms with Crippen LogP contribution in [0.25, 0.3) is 11.3 Å². The Morgan fingerprint density at radius 2 is 2.06 bits per heavy atom. The van der Waals surface area contributed by atoms with E-state index in [4.69, 9.17) is 14.2 Å². The minimum Gasteiger partial charge on any atom is -0.497 e. The molecule has 0 bridgehead atoms. The van der Waals surface area contributed by atoms with Crippen LogP contribution in [0.4, 0.5) is 5.95 Å².